The minimum atomic E-state index is -0.611. The molecule has 0 saturated heterocycles. The van der Waals surface area contributed by atoms with E-state index in [1.54, 1.807) is 19.3 Å². The largest absolute Gasteiger partial charge is 0.464 e. The van der Waals surface area contributed by atoms with Gasteiger partial charge in [-0.15, -0.1) is 0 Å². The number of carbonyl (C=O) groups is 2. The number of anilines is 1. The molecule has 1 N–H and O–H groups in total. The number of halogens is 1. The topological polar surface area (TPSA) is 91.0 Å². The Morgan fingerprint density at radius 2 is 2.05 bits per heavy atom. The number of nitrogens with zero attached hydrogens (tertiary/aromatic N) is 4. The van der Waals surface area contributed by atoms with Crippen molar-refractivity contribution in [1.82, 2.24) is 19.6 Å². The van der Waals surface area contributed by atoms with Crippen LogP contribution in [0.2, 0.25) is 5.02 Å². The molecule has 2 heterocycles. The number of aryl methyl sites for hydroxylation is 2. The van der Waals surface area contributed by atoms with Crippen LogP contribution in [0, 0.1) is 6.92 Å². The summed E-state index contributed by atoms with van der Waals surface area (Å²) in [6, 6.07) is 0. The van der Waals surface area contributed by atoms with Gasteiger partial charge in [0, 0.05) is 18.9 Å². The third-order valence-electron chi connectivity index (χ3n) is 2.93. The third kappa shape index (κ3) is 3.45. The van der Waals surface area contributed by atoms with Gasteiger partial charge in [-0.3, -0.25) is 14.2 Å². The van der Waals surface area contributed by atoms with Crippen LogP contribution in [-0.4, -0.2) is 38.5 Å². The smallest absolute Gasteiger partial charge is 0.360 e. The first-order chi connectivity index (χ1) is 10.4. The Hall–Kier alpha value is -2.35. The van der Waals surface area contributed by atoms with Crippen molar-refractivity contribution >= 4 is 29.2 Å². The molecule has 2 rings (SSSR count). The Morgan fingerprint density at radius 3 is 2.59 bits per heavy atom. The highest BCUT2D eigenvalue weighted by Gasteiger charge is 2.19. The molecule has 0 radical (unpaired) electrons. The lowest BCUT2D eigenvalue weighted by Gasteiger charge is -2.04. The predicted octanol–water partition coefficient (Wildman–Crippen LogP) is 1.49. The van der Waals surface area contributed by atoms with Crippen LogP contribution in [0.25, 0.3) is 0 Å². The maximum atomic E-state index is 12.1. The zero-order chi connectivity index (χ0) is 16.3. The van der Waals surface area contributed by atoms with Crippen LogP contribution in [-0.2, 0) is 22.6 Å². The predicted molar refractivity (Wildman–Crippen MR) is 79.8 cm³/mol. The minimum Gasteiger partial charge on any atom is -0.464 e. The first kappa shape index (κ1) is 16.0. The van der Waals surface area contributed by atoms with Crippen LogP contribution >= 0.6 is 11.6 Å². The van der Waals surface area contributed by atoms with Crippen LogP contribution in [0.4, 0.5) is 5.69 Å². The second kappa shape index (κ2) is 6.61. The van der Waals surface area contributed by atoms with Gasteiger partial charge in [0.15, 0.2) is 5.69 Å². The second-order valence-electron chi connectivity index (χ2n) is 4.55. The molecule has 0 bridgehead atoms. The quantitative estimate of drug-likeness (QED) is 0.841. The van der Waals surface area contributed by atoms with Gasteiger partial charge in [0.1, 0.15) is 6.54 Å². The number of rotatable bonds is 5. The second-order valence-corrected chi connectivity index (χ2v) is 4.95. The number of esters is 1. The van der Waals surface area contributed by atoms with Crippen molar-refractivity contribution < 1.29 is 14.3 Å². The van der Waals surface area contributed by atoms with Crippen molar-refractivity contribution in [3.05, 3.63) is 28.8 Å². The summed E-state index contributed by atoms with van der Waals surface area (Å²) in [5, 5.41) is 11.3. The lowest BCUT2D eigenvalue weighted by atomic mass is 10.3. The van der Waals surface area contributed by atoms with E-state index < -0.39 is 5.97 Å². The van der Waals surface area contributed by atoms with E-state index >= 15 is 0 Å². The summed E-state index contributed by atoms with van der Waals surface area (Å²) in [7, 11) is 1.26. The van der Waals surface area contributed by atoms with E-state index in [2.05, 4.69) is 20.3 Å². The highest BCUT2D eigenvalue weighted by Crippen LogP contribution is 2.16. The SMILES string of the molecule is CCn1cc(NC(=O)Cn2cc(Cl)c(C)n2)c(C(=O)OC)n1. The van der Waals surface area contributed by atoms with Crippen molar-refractivity contribution in [2.45, 2.75) is 26.9 Å². The van der Waals surface area contributed by atoms with E-state index in [1.807, 2.05) is 6.92 Å². The number of aromatic nitrogens is 4. The van der Waals surface area contributed by atoms with E-state index in [0.29, 0.717) is 22.9 Å². The average Bonchev–Trinajstić information content (AvgIpc) is 3.01. The van der Waals surface area contributed by atoms with Gasteiger partial charge in [-0.2, -0.15) is 10.2 Å². The third-order valence-corrected chi connectivity index (χ3v) is 3.30. The molecule has 22 heavy (non-hydrogen) atoms. The van der Waals surface area contributed by atoms with Gasteiger partial charge < -0.3 is 10.1 Å². The number of hydrogen-bond donors (Lipinski definition) is 1. The highest BCUT2D eigenvalue weighted by molar-refractivity contribution is 6.31. The number of nitrogens with one attached hydrogen (secondary N) is 1. The van der Waals surface area contributed by atoms with E-state index in [4.69, 9.17) is 11.6 Å². The summed E-state index contributed by atoms with van der Waals surface area (Å²) in [4.78, 5) is 23.7. The normalized spacial score (nSPS) is 10.5. The summed E-state index contributed by atoms with van der Waals surface area (Å²) in [5.74, 6) is -0.958. The molecule has 0 saturated carbocycles. The summed E-state index contributed by atoms with van der Waals surface area (Å²) < 4.78 is 7.62. The Labute approximate surface area is 132 Å². The standard InChI is InChI=1S/C13H16ClN5O3/c1-4-18-6-10(12(17-18)13(21)22-3)15-11(20)7-19-5-9(14)8(2)16-19/h5-6H,4,7H2,1-3H3,(H,15,20). The van der Waals surface area contributed by atoms with Gasteiger partial charge in [0.25, 0.3) is 0 Å². The lowest BCUT2D eigenvalue weighted by Crippen LogP contribution is -2.20. The molecule has 2 aromatic rings. The van der Waals surface area contributed by atoms with E-state index in [9.17, 15) is 9.59 Å². The van der Waals surface area contributed by atoms with Gasteiger partial charge in [-0.05, 0) is 13.8 Å². The number of methoxy groups -OCH3 is 1. The molecule has 1 amide bonds. The van der Waals surface area contributed by atoms with E-state index in [-0.39, 0.29) is 18.1 Å². The highest BCUT2D eigenvalue weighted by atomic mass is 35.5. The van der Waals surface area contributed by atoms with Crippen molar-refractivity contribution in [1.29, 1.82) is 0 Å². The Balaban J connectivity index is 2.13. The number of amides is 1. The summed E-state index contributed by atoms with van der Waals surface area (Å²) in [6.07, 6.45) is 3.14. The van der Waals surface area contributed by atoms with E-state index in [0.717, 1.165) is 0 Å². The molecule has 8 nitrogen and oxygen atoms in total. The average molecular weight is 326 g/mol. The first-order valence-electron chi connectivity index (χ1n) is 6.59. The molecule has 0 aromatic carbocycles. The molecular weight excluding hydrogens is 310 g/mol. The Morgan fingerprint density at radius 1 is 1.32 bits per heavy atom. The molecule has 9 heteroatoms. The molecule has 0 atom stereocenters. The molecule has 0 aliphatic carbocycles. The Bertz CT molecular complexity index is 687. The zero-order valence-corrected chi connectivity index (χ0v) is 13.2. The number of ether oxygens (including phenoxy) is 1. The van der Waals surface area contributed by atoms with Crippen LogP contribution in [0.3, 0.4) is 0 Å². The summed E-state index contributed by atoms with van der Waals surface area (Å²) >= 11 is 5.89. The lowest BCUT2D eigenvalue weighted by molar-refractivity contribution is -0.116. The van der Waals surface area contributed by atoms with Gasteiger partial charge >= 0.3 is 5.97 Å². The van der Waals surface area contributed by atoms with Crippen LogP contribution in [0.5, 0.6) is 0 Å². The number of hydrogen-bond acceptors (Lipinski definition) is 5. The van der Waals surface area contributed by atoms with E-state index in [1.165, 1.54) is 16.5 Å². The van der Waals surface area contributed by atoms with Gasteiger partial charge in [0.05, 0.1) is 23.5 Å². The fourth-order valence-corrected chi connectivity index (χ4v) is 1.98. The molecule has 118 valence electrons. The molecule has 0 spiro atoms. The van der Waals surface area contributed by atoms with Crippen molar-refractivity contribution in [3.63, 3.8) is 0 Å². The van der Waals surface area contributed by atoms with Crippen LogP contribution in [0.1, 0.15) is 23.1 Å². The molecule has 2 aromatic heterocycles. The van der Waals surface area contributed by atoms with Gasteiger partial charge in [0.2, 0.25) is 5.91 Å². The fraction of sp³-hybridized carbons (Fsp3) is 0.385. The molecule has 0 unspecified atom stereocenters. The van der Waals surface area contributed by atoms with Crippen molar-refractivity contribution in [2.75, 3.05) is 12.4 Å². The first-order valence-corrected chi connectivity index (χ1v) is 6.97. The van der Waals surface area contributed by atoms with Crippen LogP contribution in [0.15, 0.2) is 12.4 Å². The summed E-state index contributed by atoms with van der Waals surface area (Å²) in [5.41, 5.74) is 1.00. The minimum absolute atomic E-state index is 0.0223. The van der Waals surface area contributed by atoms with Crippen molar-refractivity contribution in [2.24, 2.45) is 0 Å². The Kier molecular flexibility index (Phi) is 4.81. The van der Waals surface area contributed by atoms with Gasteiger partial charge in [-0.25, -0.2) is 4.79 Å². The monoisotopic (exact) mass is 325 g/mol. The molecule has 0 aliphatic heterocycles. The summed E-state index contributed by atoms with van der Waals surface area (Å²) in [6.45, 7) is 4.16. The molecule has 0 fully saturated rings. The fourth-order valence-electron chi connectivity index (χ4n) is 1.83. The molecule has 0 aliphatic rings. The molecular formula is C13H16ClN5O3. The maximum Gasteiger partial charge on any atom is 0.360 e. The van der Waals surface area contributed by atoms with Crippen molar-refractivity contribution in [3.8, 4) is 0 Å². The van der Waals surface area contributed by atoms with Gasteiger partial charge in [-0.1, -0.05) is 11.6 Å². The number of carbonyl (C=O) groups excluding carboxylic acids is 2. The zero-order valence-electron chi connectivity index (χ0n) is 12.5. The van der Waals surface area contributed by atoms with Crippen LogP contribution < -0.4 is 5.32 Å². The maximum absolute atomic E-state index is 12.1.